The summed E-state index contributed by atoms with van der Waals surface area (Å²) < 4.78 is 0. The van der Waals surface area contributed by atoms with Gasteiger partial charge in [-0.25, -0.2) is 0 Å². The van der Waals surface area contributed by atoms with Gasteiger partial charge in [0.1, 0.15) is 0 Å². The molecule has 0 fully saturated rings. The third-order valence-corrected chi connectivity index (χ3v) is 1.85. The van der Waals surface area contributed by atoms with Crippen molar-refractivity contribution in [3.05, 3.63) is 30.1 Å². The lowest BCUT2D eigenvalue weighted by molar-refractivity contribution is -0.120. The molecule has 0 saturated heterocycles. The number of nitrogens with one attached hydrogen (secondary N) is 2. The second-order valence-electron chi connectivity index (χ2n) is 3.07. The molecule has 2 N–H and O–H groups in total. The molecule has 0 saturated carbocycles. The van der Waals surface area contributed by atoms with Crippen molar-refractivity contribution >= 4 is 5.91 Å². The summed E-state index contributed by atoms with van der Waals surface area (Å²) in [6, 6.07) is 5.61. The first-order valence-corrected chi connectivity index (χ1v) is 4.59. The van der Waals surface area contributed by atoms with E-state index in [-0.39, 0.29) is 11.9 Å². The van der Waals surface area contributed by atoms with Crippen molar-refractivity contribution in [2.75, 3.05) is 13.6 Å². The predicted molar refractivity (Wildman–Crippen MR) is 54.7 cm³/mol. The zero-order valence-electron chi connectivity index (χ0n) is 8.45. The number of aromatic nitrogens is 1. The van der Waals surface area contributed by atoms with Gasteiger partial charge in [-0.1, -0.05) is 6.07 Å². The van der Waals surface area contributed by atoms with Crippen LogP contribution >= 0.6 is 0 Å². The minimum Gasteiger partial charge on any atom is -0.347 e. The van der Waals surface area contributed by atoms with Crippen LogP contribution in [0.5, 0.6) is 0 Å². The van der Waals surface area contributed by atoms with Gasteiger partial charge < -0.3 is 10.6 Å². The fourth-order valence-electron chi connectivity index (χ4n) is 1.16. The predicted octanol–water partition coefficient (Wildman–Crippen LogP) is 0.478. The van der Waals surface area contributed by atoms with Crippen LogP contribution < -0.4 is 10.6 Å². The molecule has 1 amide bonds. The summed E-state index contributed by atoms with van der Waals surface area (Å²) in [6.07, 6.45) is 1.72. The molecule has 1 rings (SSSR count). The average molecular weight is 193 g/mol. The maximum atomic E-state index is 11.2. The minimum absolute atomic E-state index is 0.0225. The highest BCUT2D eigenvalue weighted by Gasteiger charge is 2.08. The van der Waals surface area contributed by atoms with Gasteiger partial charge in [0.05, 0.1) is 18.3 Å². The van der Waals surface area contributed by atoms with E-state index < -0.39 is 0 Å². The standard InChI is InChI=1S/C10H15N3O/c1-8(13-10(14)7-11-2)9-5-3-4-6-12-9/h3-6,8,11H,7H2,1-2H3,(H,13,14). The summed E-state index contributed by atoms with van der Waals surface area (Å²) in [4.78, 5) is 15.4. The van der Waals surface area contributed by atoms with Crippen LogP contribution in [0.2, 0.25) is 0 Å². The topological polar surface area (TPSA) is 54.0 Å². The van der Waals surface area contributed by atoms with Crippen LogP contribution in [0.25, 0.3) is 0 Å². The molecule has 76 valence electrons. The molecular weight excluding hydrogens is 178 g/mol. The van der Waals surface area contributed by atoms with Crippen LogP contribution in [0.15, 0.2) is 24.4 Å². The Balaban J connectivity index is 2.50. The van der Waals surface area contributed by atoms with Gasteiger partial charge in [0.15, 0.2) is 0 Å². The molecule has 0 bridgehead atoms. The summed E-state index contributed by atoms with van der Waals surface area (Å²) in [5, 5.41) is 5.62. The Bertz CT molecular complexity index is 287. The van der Waals surface area contributed by atoms with Gasteiger partial charge in [-0.05, 0) is 26.1 Å². The highest BCUT2D eigenvalue weighted by atomic mass is 16.1. The van der Waals surface area contributed by atoms with E-state index >= 15 is 0 Å². The Kier molecular flexibility index (Phi) is 4.07. The van der Waals surface area contributed by atoms with E-state index in [4.69, 9.17) is 0 Å². The van der Waals surface area contributed by atoms with Crippen LogP contribution in [0.3, 0.4) is 0 Å². The smallest absolute Gasteiger partial charge is 0.234 e. The van der Waals surface area contributed by atoms with Gasteiger partial charge in [-0.15, -0.1) is 0 Å². The first-order valence-electron chi connectivity index (χ1n) is 4.59. The van der Waals surface area contributed by atoms with Gasteiger partial charge in [-0.3, -0.25) is 9.78 Å². The van der Waals surface area contributed by atoms with Crippen molar-refractivity contribution in [3.63, 3.8) is 0 Å². The zero-order chi connectivity index (χ0) is 10.4. The molecule has 1 heterocycles. The Morgan fingerprint density at radius 1 is 1.57 bits per heavy atom. The van der Waals surface area contributed by atoms with Crippen LogP contribution in [-0.4, -0.2) is 24.5 Å². The maximum absolute atomic E-state index is 11.2. The molecule has 1 aromatic rings. The summed E-state index contributed by atoms with van der Waals surface area (Å²) in [6.45, 7) is 2.24. The van der Waals surface area contributed by atoms with Crippen molar-refractivity contribution in [3.8, 4) is 0 Å². The molecule has 0 aliphatic carbocycles. The molecule has 4 heteroatoms. The molecule has 0 spiro atoms. The SMILES string of the molecule is CNCC(=O)NC(C)c1ccccn1. The molecule has 1 atom stereocenters. The third-order valence-electron chi connectivity index (χ3n) is 1.85. The number of carbonyl (C=O) groups is 1. The molecule has 4 nitrogen and oxygen atoms in total. The van der Waals surface area contributed by atoms with E-state index in [9.17, 15) is 4.79 Å². The van der Waals surface area contributed by atoms with Crippen molar-refractivity contribution < 1.29 is 4.79 Å². The van der Waals surface area contributed by atoms with Crippen LogP contribution in [0.4, 0.5) is 0 Å². The normalized spacial score (nSPS) is 12.1. The highest BCUT2D eigenvalue weighted by molar-refractivity contribution is 5.78. The Morgan fingerprint density at radius 2 is 2.36 bits per heavy atom. The summed E-state index contributed by atoms with van der Waals surface area (Å²) in [5.41, 5.74) is 0.872. The molecule has 1 unspecified atom stereocenters. The Morgan fingerprint density at radius 3 is 2.93 bits per heavy atom. The van der Waals surface area contributed by atoms with Crippen LogP contribution in [0, 0.1) is 0 Å². The number of carbonyl (C=O) groups excluding carboxylic acids is 1. The van der Waals surface area contributed by atoms with Gasteiger partial charge in [-0.2, -0.15) is 0 Å². The highest BCUT2D eigenvalue weighted by Crippen LogP contribution is 2.06. The Hall–Kier alpha value is -1.42. The van der Waals surface area contributed by atoms with E-state index in [0.29, 0.717) is 6.54 Å². The van der Waals surface area contributed by atoms with Gasteiger partial charge >= 0.3 is 0 Å². The Labute approximate surface area is 83.7 Å². The lowest BCUT2D eigenvalue weighted by Crippen LogP contribution is -2.34. The fraction of sp³-hybridized carbons (Fsp3) is 0.400. The minimum atomic E-state index is -0.0444. The lowest BCUT2D eigenvalue weighted by atomic mass is 10.2. The van der Waals surface area contributed by atoms with E-state index in [0.717, 1.165) is 5.69 Å². The molecule has 0 radical (unpaired) electrons. The molecule has 0 aliphatic rings. The van der Waals surface area contributed by atoms with Crippen molar-refractivity contribution in [2.45, 2.75) is 13.0 Å². The number of likely N-dealkylation sites (N-methyl/N-ethyl adjacent to an activating group) is 1. The fourth-order valence-corrected chi connectivity index (χ4v) is 1.16. The number of hydrogen-bond acceptors (Lipinski definition) is 3. The maximum Gasteiger partial charge on any atom is 0.234 e. The number of hydrogen-bond donors (Lipinski definition) is 2. The van der Waals surface area contributed by atoms with Gasteiger partial charge in [0, 0.05) is 6.20 Å². The van der Waals surface area contributed by atoms with Gasteiger partial charge in [0.25, 0.3) is 0 Å². The molecule has 1 aromatic heterocycles. The first-order chi connectivity index (χ1) is 6.74. The summed E-state index contributed by atoms with van der Waals surface area (Å²) >= 11 is 0. The average Bonchev–Trinajstić information content (AvgIpc) is 2.19. The van der Waals surface area contributed by atoms with Crippen molar-refractivity contribution in [1.82, 2.24) is 15.6 Å². The quantitative estimate of drug-likeness (QED) is 0.731. The number of rotatable bonds is 4. The summed E-state index contributed by atoms with van der Waals surface area (Å²) in [7, 11) is 1.74. The number of amides is 1. The molecular formula is C10H15N3O. The zero-order valence-corrected chi connectivity index (χ0v) is 8.45. The molecule has 0 aliphatic heterocycles. The van der Waals surface area contributed by atoms with Gasteiger partial charge in [0.2, 0.25) is 5.91 Å². The second-order valence-corrected chi connectivity index (χ2v) is 3.07. The lowest BCUT2D eigenvalue weighted by Gasteiger charge is -2.12. The van der Waals surface area contributed by atoms with E-state index in [1.807, 2.05) is 25.1 Å². The van der Waals surface area contributed by atoms with Crippen molar-refractivity contribution in [1.29, 1.82) is 0 Å². The number of nitrogens with zero attached hydrogens (tertiary/aromatic N) is 1. The largest absolute Gasteiger partial charge is 0.347 e. The van der Waals surface area contributed by atoms with E-state index in [1.54, 1.807) is 13.2 Å². The second kappa shape index (κ2) is 5.34. The van der Waals surface area contributed by atoms with Crippen LogP contribution in [0.1, 0.15) is 18.7 Å². The summed E-state index contributed by atoms with van der Waals surface area (Å²) in [5.74, 6) is -0.0225. The van der Waals surface area contributed by atoms with Crippen LogP contribution in [-0.2, 0) is 4.79 Å². The van der Waals surface area contributed by atoms with Crippen molar-refractivity contribution in [2.24, 2.45) is 0 Å². The first kappa shape index (κ1) is 10.7. The third kappa shape index (κ3) is 3.14. The molecule has 14 heavy (non-hydrogen) atoms. The van der Waals surface area contributed by atoms with E-state index in [2.05, 4.69) is 15.6 Å². The van der Waals surface area contributed by atoms with E-state index in [1.165, 1.54) is 0 Å². The monoisotopic (exact) mass is 193 g/mol. The molecule has 0 aromatic carbocycles. The number of pyridine rings is 1.